The van der Waals surface area contributed by atoms with Crippen molar-refractivity contribution in [1.29, 1.82) is 0 Å². The van der Waals surface area contributed by atoms with Crippen molar-refractivity contribution in [1.82, 2.24) is 5.32 Å². The Morgan fingerprint density at radius 3 is 2.71 bits per heavy atom. The van der Waals surface area contributed by atoms with E-state index in [1.807, 2.05) is 6.92 Å². The SMILES string of the molecule is CC(NC(=O)c1ccccc1F)c1ccc2c(c1)CCC2. The molecule has 0 fully saturated rings. The minimum Gasteiger partial charge on any atom is -0.345 e. The molecular formula is C18H18FNO. The van der Waals surface area contributed by atoms with Gasteiger partial charge in [0, 0.05) is 0 Å². The van der Waals surface area contributed by atoms with E-state index in [-0.39, 0.29) is 17.5 Å². The van der Waals surface area contributed by atoms with Crippen molar-refractivity contribution in [3.05, 3.63) is 70.5 Å². The summed E-state index contributed by atoms with van der Waals surface area (Å²) in [5, 5.41) is 2.87. The summed E-state index contributed by atoms with van der Waals surface area (Å²) in [6, 6.07) is 12.3. The number of rotatable bonds is 3. The highest BCUT2D eigenvalue weighted by molar-refractivity contribution is 5.94. The number of aryl methyl sites for hydroxylation is 2. The van der Waals surface area contributed by atoms with E-state index in [9.17, 15) is 9.18 Å². The van der Waals surface area contributed by atoms with Gasteiger partial charge in [-0.15, -0.1) is 0 Å². The van der Waals surface area contributed by atoms with E-state index in [1.165, 1.54) is 29.7 Å². The van der Waals surface area contributed by atoms with Gasteiger partial charge in [-0.25, -0.2) is 4.39 Å². The summed E-state index contributed by atoms with van der Waals surface area (Å²) >= 11 is 0. The highest BCUT2D eigenvalue weighted by atomic mass is 19.1. The number of hydrogen-bond acceptors (Lipinski definition) is 1. The van der Waals surface area contributed by atoms with Crippen LogP contribution in [0.5, 0.6) is 0 Å². The van der Waals surface area contributed by atoms with Crippen molar-refractivity contribution in [2.24, 2.45) is 0 Å². The van der Waals surface area contributed by atoms with Crippen LogP contribution in [0.1, 0.15) is 46.4 Å². The quantitative estimate of drug-likeness (QED) is 0.912. The highest BCUT2D eigenvalue weighted by Crippen LogP contribution is 2.25. The molecule has 2 aromatic carbocycles. The van der Waals surface area contributed by atoms with Gasteiger partial charge in [0.05, 0.1) is 11.6 Å². The Morgan fingerprint density at radius 2 is 1.90 bits per heavy atom. The van der Waals surface area contributed by atoms with Crippen molar-refractivity contribution in [3.63, 3.8) is 0 Å². The Balaban J connectivity index is 1.76. The third-order valence-electron chi connectivity index (χ3n) is 4.09. The Kier molecular flexibility index (Phi) is 3.74. The van der Waals surface area contributed by atoms with E-state index >= 15 is 0 Å². The van der Waals surface area contributed by atoms with E-state index in [1.54, 1.807) is 12.1 Å². The molecule has 1 amide bonds. The first-order valence-corrected chi connectivity index (χ1v) is 7.32. The summed E-state index contributed by atoms with van der Waals surface area (Å²) in [6.45, 7) is 1.93. The van der Waals surface area contributed by atoms with Crippen molar-refractivity contribution in [2.45, 2.75) is 32.2 Å². The number of fused-ring (bicyclic) bond motifs is 1. The first-order chi connectivity index (χ1) is 10.1. The third kappa shape index (κ3) is 2.82. The molecule has 3 rings (SSSR count). The zero-order chi connectivity index (χ0) is 14.8. The first-order valence-electron chi connectivity index (χ1n) is 7.32. The van der Waals surface area contributed by atoms with Crippen LogP contribution in [0.3, 0.4) is 0 Å². The second-order valence-corrected chi connectivity index (χ2v) is 5.56. The number of benzene rings is 2. The summed E-state index contributed by atoms with van der Waals surface area (Å²) in [5.74, 6) is -0.864. The van der Waals surface area contributed by atoms with Gasteiger partial charge >= 0.3 is 0 Å². The fourth-order valence-corrected chi connectivity index (χ4v) is 2.86. The Hall–Kier alpha value is -2.16. The average molecular weight is 283 g/mol. The number of carbonyl (C=O) groups is 1. The summed E-state index contributed by atoms with van der Waals surface area (Å²) < 4.78 is 13.6. The van der Waals surface area contributed by atoms with Crippen LogP contribution in [0.4, 0.5) is 4.39 Å². The van der Waals surface area contributed by atoms with Gasteiger partial charge in [-0.1, -0.05) is 30.3 Å². The molecule has 2 nitrogen and oxygen atoms in total. The number of carbonyl (C=O) groups excluding carboxylic acids is 1. The van der Waals surface area contributed by atoms with Gasteiger partial charge in [0.2, 0.25) is 0 Å². The lowest BCUT2D eigenvalue weighted by atomic mass is 10.0. The Labute approximate surface area is 124 Å². The zero-order valence-corrected chi connectivity index (χ0v) is 12.0. The summed E-state index contributed by atoms with van der Waals surface area (Å²) in [6.07, 6.45) is 3.46. The highest BCUT2D eigenvalue weighted by Gasteiger charge is 2.17. The molecule has 1 aliphatic rings. The minimum atomic E-state index is -0.490. The molecule has 0 spiro atoms. The predicted octanol–water partition coefficient (Wildman–Crippen LogP) is 3.81. The van der Waals surface area contributed by atoms with E-state index in [0.29, 0.717) is 0 Å². The van der Waals surface area contributed by atoms with Crippen LogP contribution in [0.15, 0.2) is 42.5 Å². The number of hydrogen-bond donors (Lipinski definition) is 1. The monoisotopic (exact) mass is 283 g/mol. The molecule has 0 saturated heterocycles. The molecule has 0 saturated carbocycles. The number of nitrogens with one attached hydrogen (secondary N) is 1. The Bertz CT molecular complexity index is 681. The summed E-state index contributed by atoms with van der Waals surface area (Å²) in [4.78, 5) is 12.1. The van der Waals surface area contributed by atoms with Gasteiger partial charge in [-0.3, -0.25) is 4.79 Å². The Morgan fingerprint density at radius 1 is 1.14 bits per heavy atom. The molecule has 2 aromatic rings. The topological polar surface area (TPSA) is 29.1 Å². The van der Waals surface area contributed by atoms with Crippen LogP contribution in [-0.2, 0) is 12.8 Å². The lowest BCUT2D eigenvalue weighted by Crippen LogP contribution is -2.27. The second kappa shape index (κ2) is 5.68. The molecule has 1 N–H and O–H groups in total. The van der Waals surface area contributed by atoms with Crippen LogP contribution in [0.25, 0.3) is 0 Å². The fraction of sp³-hybridized carbons (Fsp3) is 0.278. The van der Waals surface area contributed by atoms with Crippen LogP contribution in [0, 0.1) is 5.82 Å². The molecule has 0 bridgehead atoms. The molecule has 1 unspecified atom stereocenters. The van der Waals surface area contributed by atoms with Crippen molar-refractivity contribution in [2.75, 3.05) is 0 Å². The molecule has 0 radical (unpaired) electrons. The van der Waals surface area contributed by atoms with Crippen molar-refractivity contribution >= 4 is 5.91 Å². The molecule has 0 heterocycles. The maximum absolute atomic E-state index is 13.6. The van der Waals surface area contributed by atoms with Gasteiger partial charge < -0.3 is 5.32 Å². The second-order valence-electron chi connectivity index (χ2n) is 5.56. The minimum absolute atomic E-state index is 0.0884. The maximum Gasteiger partial charge on any atom is 0.254 e. The van der Waals surface area contributed by atoms with Gasteiger partial charge in [-0.2, -0.15) is 0 Å². The van der Waals surface area contributed by atoms with Crippen molar-refractivity contribution < 1.29 is 9.18 Å². The molecule has 1 aliphatic carbocycles. The van der Waals surface area contributed by atoms with E-state index in [0.717, 1.165) is 18.4 Å². The van der Waals surface area contributed by atoms with Gasteiger partial charge in [0.15, 0.2) is 0 Å². The smallest absolute Gasteiger partial charge is 0.254 e. The standard InChI is InChI=1S/C18H18FNO/c1-12(14-10-9-13-5-4-6-15(13)11-14)20-18(21)16-7-2-3-8-17(16)19/h2-3,7-12H,4-6H2,1H3,(H,20,21). The zero-order valence-electron chi connectivity index (χ0n) is 12.0. The van der Waals surface area contributed by atoms with Gasteiger partial charge in [0.25, 0.3) is 5.91 Å². The average Bonchev–Trinajstić information content (AvgIpc) is 2.94. The number of amides is 1. The molecule has 0 aromatic heterocycles. The predicted molar refractivity (Wildman–Crippen MR) is 80.7 cm³/mol. The fourth-order valence-electron chi connectivity index (χ4n) is 2.86. The first kappa shape index (κ1) is 13.8. The van der Waals surface area contributed by atoms with E-state index in [4.69, 9.17) is 0 Å². The van der Waals surface area contributed by atoms with Gasteiger partial charge in [0.1, 0.15) is 5.82 Å². The molecule has 1 atom stereocenters. The lowest BCUT2D eigenvalue weighted by molar-refractivity contribution is 0.0936. The molecule has 0 aliphatic heterocycles. The normalized spacial score (nSPS) is 14.6. The summed E-state index contributed by atoms with van der Waals surface area (Å²) in [7, 11) is 0. The molecule has 108 valence electrons. The number of halogens is 1. The molecule has 3 heteroatoms. The van der Waals surface area contributed by atoms with E-state index in [2.05, 4.69) is 23.5 Å². The van der Waals surface area contributed by atoms with Crippen LogP contribution in [0.2, 0.25) is 0 Å². The van der Waals surface area contributed by atoms with Crippen LogP contribution < -0.4 is 5.32 Å². The largest absolute Gasteiger partial charge is 0.345 e. The van der Waals surface area contributed by atoms with Crippen LogP contribution >= 0.6 is 0 Å². The van der Waals surface area contributed by atoms with E-state index < -0.39 is 5.82 Å². The molecular weight excluding hydrogens is 265 g/mol. The third-order valence-corrected chi connectivity index (χ3v) is 4.09. The molecule has 21 heavy (non-hydrogen) atoms. The van der Waals surface area contributed by atoms with Crippen molar-refractivity contribution in [3.8, 4) is 0 Å². The lowest BCUT2D eigenvalue weighted by Gasteiger charge is -2.16. The summed E-state index contributed by atoms with van der Waals surface area (Å²) in [5.41, 5.74) is 3.94. The van der Waals surface area contributed by atoms with Gasteiger partial charge in [-0.05, 0) is 55.0 Å². The maximum atomic E-state index is 13.6. The van der Waals surface area contributed by atoms with Crippen LogP contribution in [-0.4, -0.2) is 5.91 Å².